The number of esters is 1. The smallest absolute Gasteiger partial charge is 0.310 e. The number of aryl methyl sites for hydroxylation is 2. The fourth-order valence-corrected chi connectivity index (χ4v) is 3.90. The molecule has 2 aromatic heterocycles. The molecule has 0 aliphatic carbocycles. The summed E-state index contributed by atoms with van der Waals surface area (Å²) in [6.07, 6.45) is 3.21. The number of rotatable bonds is 8. The number of nitrogens with zero attached hydrogens (tertiary/aromatic N) is 2. The second kappa shape index (κ2) is 10.3. The fraction of sp³-hybridized carbons (Fsp3) is 0.522. The van der Waals surface area contributed by atoms with Gasteiger partial charge in [0.1, 0.15) is 17.3 Å². The molecule has 0 radical (unpaired) electrons. The molecule has 2 aromatic rings. The SMILES string of the molecule is CCOC(=O)C1CCCN(C(=O)CCN(Cc2ccco2)C(=O)c2cc(C)oc2C)C1. The van der Waals surface area contributed by atoms with Gasteiger partial charge in [0.2, 0.25) is 5.91 Å². The molecule has 0 saturated carbocycles. The van der Waals surface area contributed by atoms with Crippen molar-refractivity contribution >= 4 is 17.8 Å². The molecule has 31 heavy (non-hydrogen) atoms. The van der Waals surface area contributed by atoms with E-state index < -0.39 is 0 Å². The van der Waals surface area contributed by atoms with Crippen molar-refractivity contribution in [1.82, 2.24) is 9.80 Å². The third-order valence-electron chi connectivity index (χ3n) is 5.48. The first-order chi connectivity index (χ1) is 14.9. The third-order valence-corrected chi connectivity index (χ3v) is 5.48. The zero-order valence-electron chi connectivity index (χ0n) is 18.4. The summed E-state index contributed by atoms with van der Waals surface area (Å²) in [6.45, 7) is 7.12. The van der Waals surface area contributed by atoms with Crippen LogP contribution < -0.4 is 0 Å². The van der Waals surface area contributed by atoms with Crippen LogP contribution in [-0.4, -0.2) is 53.8 Å². The number of carbonyl (C=O) groups excluding carboxylic acids is 3. The molecule has 8 nitrogen and oxygen atoms in total. The number of likely N-dealkylation sites (tertiary alicyclic amines) is 1. The molecule has 0 N–H and O–H groups in total. The summed E-state index contributed by atoms with van der Waals surface area (Å²) >= 11 is 0. The molecule has 168 valence electrons. The monoisotopic (exact) mass is 430 g/mol. The molecular weight excluding hydrogens is 400 g/mol. The highest BCUT2D eigenvalue weighted by atomic mass is 16.5. The van der Waals surface area contributed by atoms with E-state index in [-0.39, 0.29) is 43.2 Å². The molecule has 1 fully saturated rings. The topological polar surface area (TPSA) is 93.2 Å². The summed E-state index contributed by atoms with van der Waals surface area (Å²) < 4.78 is 16.0. The first-order valence-corrected chi connectivity index (χ1v) is 10.7. The minimum absolute atomic E-state index is 0.0775. The first kappa shape index (κ1) is 22.7. The summed E-state index contributed by atoms with van der Waals surface area (Å²) in [4.78, 5) is 41.4. The van der Waals surface area contributed by atoms with Crippen LogP contribution in [0.25, 0.3) is 0 Å². The van der Waals surface area contributed by atoms with E-state index in [4.69, 9.17) is 13.6 Å². The molecule has 1 atom stereocenters. The molecule has 0 bridgehead atoms. The van der Waals surface area contributed by atoms with Gasteiger partial charge >= 0.3 is 5.97 Å². The van der Waals surface area contributed by atoms with Gasteiger partial charge in [-0.1, -0.05) is 0 Å². The minimum Gasteiger partial charge on any atom is -0.467 e. The lowest BCUT2D eigenvalue weighted by atomic mass is 9.98. The Kier molecular flexibility index (Phi) is 7.55. The Morgan fingerprint density at radius 1 is 1.29 bits per heavy atom. The van der Waals surface area contributed by atoms with Gasteiger partial charge in [-0.05, 0) is 51.8 Å². The highest BCUT2D eigenvalue weighted by Crippen LogP contribution is 2.21. The predicted molar refractivity (Wildman–Crippen MR) is 112 cm³/mol. The number of furan rings is 2. The first-order valence-electron chi connectivity index (χ1n) is 10.7. The molecule has 1 aliphatic rings. The summed E-state index contributed by atoms with van der Waals surface area (Å²) in [5.74, 6) is 1.03. The number of piperidine rings is 1. The Labute approximate surface area is 182 Å². The van der Waals surface area contributed by atoms with Crippen molar-refractivity contribution in [2.45, 2.75) is 46.6 Å². The van der Waals surface area contributed by atoms with E-state index in [1.807, 2.05) is 0 Å². The summed E-state index contributed by atoms with van der Waals surface area (Å²) in [6, 6.07) is 5.27. The van der Waals surface area contributed by atoms with Crippen molar-refractivity contribution in [3.8, 4) is 0 Å². The molecule has 0 aromatic carbocycles. The quantitative estimate of drug-likeness (QED) is 0.597. The Balaban J connectivity index is 1.65. The van der Waals surface area contributed by atoms with Gasteiger partial charge in [-0.25, -0.2) is 0 Å². The number of hydrogen-bond acceptors (Lipinski definition) is 6. The highest BCUT2D eigenvalue weighted by molar-refractivity contribution is 5.95. The Hall–Kier alpha value is -3.03. The highest BCUT2D eigenvalue weighted by Gasteiger charge is 2.30. The summed E-state index contributed by atoms with van der Waals surface area (Å²) in [5.41, 5.74) is 0.483. The van der Waals surface area contributed by atoms with Crippen LogP contribution in [0, 0.1) is 19.8 Å². The molecule has 0 spiro atoms. The van der Waals surface area contributed by atoms with E-state index >= 15 is 0 Å². The van der Waals surface area contributed by atoms with E-state index in [1.54, 1.807) is 55.0 Å². The number of hydrogen-bond donors (Lipinski definition) is 0. The zero-order chi connectivity index (χ0) is 22.4. The van der Waals surface area contributed by atoms with Gasteiger partial charge in [0.15, 0.2) is 0 Å². The van der Waals surface area contributed by atoms with Crippen LogP contribution in [0.3, 0.4) is 0 Å². The Morgan fingerprint density at radius 3 is 2.74 bits per heavy atom. The van der Waals surface area contributed by atoms with Crippen LogP contribution >= 0.6 is 0 Å². The van der Waals surface area contributed by atoms with Gasteiger partial charge in [-0.15, -0.1) is 0 Å². The van der Waals surface area contributed by atoms with Gasteiger partial charge < -0.3 is 23.4 Å². The average Bonchev–Trinajstić information content (AvgIpc) is 3.39. The van der Waals surface area contributed by atoms with Crippen molar-refractivity contribution in [2.24, 2.45) is 5.92 Å². The number of ether oxygens (including phenoxy) is 1. The van der Waals surface area contributed by atoms with Gasteiger partial charge in [0.05, 0.1) is 30.9 Å². The maximum Gasteiger partial charge on any atom is 0.310 e. The van der Waals surface area contributed by atoms with E-state index in [0.29, 0.717) is 42.5 Å². The maximum absolute atomic E-state index is 13.1. The summed E-state index contributed by atoms with van der Waals surface area (Å²) in [7, 11) is 0. The normalized spacial score (nSPS) is 16.2. The van der Waals surface area contributed by atoms with Crippen LogP contribution in [0.15, 0.2) is 33.3 Å². The van der Waals surface area contributed by atoms with Crippen LogP contribution in [0.1, 0.15) is 53.8 Å². The van der Waals surface area contributed by atoms with Gasteiger partial charge in [-0.2, -0.15) is 0 Å². The molecule has 1 saturated heterocycles. The molecule has 1 unspecified atom stereocenters. The van der Waals surface area contributed by atoms with Crippen LogP contribution in [0.5, 0.6) is 0 Å². The third kappa shape index (κ3) is 5.77. The maximum atomic E-state index is 13.1. The van der Waals surface area contributed by atoms with Gasteiger partial charge in [-0.3, -0.25) is 14.4 Å². The molecule has 3 rings (SSSR count). The second-order valence-electron chi connectivity index (χ2n) is 7.81. The zero-order valence-corrected chi connectivity index (χ0v) is 18.4. The van der Waals surface area contributed by atoms with Crippen molar-refractivity contribution in [3.63, 3.8) is 0 Å². The van der Waals surface area contributed by atoms with Crippen LogP contribution in [0.4, 0.5) is 0 Å². The second-order valence-corrected chi connectivity index (χ2v) is 7.81. The minimum atomic E-state index is -0.282. The number of carbonyl (C=O) groups is 3. The van der Waals surface area contributed by atoms with Crippen molar-refractivity contribution < 1.29 is 28.0 Å². The molecule has 8 heteroatoms. The van der Waals surface area contributed by atoms with Crippen molar-refractivity contribution in [2.75, 3.05) is 26.2 Å². The lowest BCUT2D eigenvalue weighted by Gasteiger charge is -2.32. The molecule has 2 amide bonds. The Morgan fingerprint density at radius 2 is 2.10 bits per heavy atom. The van der Waals surface area contributed by atoms with Crippen LogP contribution in [-0.2, 0) is 20.9 Å². The van der Waals surface area contributed by atoms with Crippen molar-refractivity contribution in [3.05, 3.63) is 47.3 Å². The largest absolute Gasteiger partial charge is 0.467 e. The lowest BCUT2D eigenvalue weighted by molar-refractivity contribution is -0.151. The van der Waals surface area contributed by atoms with Gasteiger partial charge in [0.25, 0.3) is 5.91 Å². The number of amides is 2. The van der Waals surface area contributed by atoms with Crippen molar-refractivity contribution in [1.29, 1.82) is 0 Å². The fourth-order valence-electron chi connectivity index (χ4n) is 3.90. The van der Waals surface area contributed by atoms with E-state index in [2.05, 4.69) is 0 Å². The van der Waals surface area contributed by atoms with Crippen LogP contribution in [0.2, 0.25) is 0 Å². The van der Waals surface area contributed by atoms with E-state index in [9.17, 15) is 14.4 Å². The Bertz CT molecular complexity index is 901. The molecule has 3 heterocycles. The average molecular weight is 431 g/mol. The molecular formula is C23H30N2O6. The van der Waals surface area contributed by atoms with E-state index in [0.717, 1.165) is 12.8 Å². The standard InChI is InChI=1S/C23H30N2O6/c1-4-29-23(28)18-7-5-10-24(14-18)21(26)9-11-25(15-19-8-6-12-30-19)22(27)20-13-16(2)31-17(20)3/h6,8,12-13,18H,4-5,7,9-11,14-15H2,1-3H3. The van der Waals surface area contributed by atoms with E-state index in [1.165, 1.54) is 0 Å². The predicted octanol–water partition coefficient (Wildman–Crippen LogP) is 3.32. The molecule has 1 aliphatic heterocycles. The summed E-state index contributed by atoms with van der Waals surface area (Å²) in [5, 5.41) is 0. The van der Waals surface area contributed by atoms with Gasteiger partial charge in [0, 0.05) is 26.1 Å². The lowest BCUT2D eigenvalue weighted by Crippen LogP contribution is -2.44.